The molecule has 19 heavy (non-hydrogen) atoms. The second-order valence-corrected chi connectivity index (χ2v) is 8.50. The van der Waals surface area contributed by atoms with Gasteiger partial charge in [0.2, 0.25) is 0 Å². The highest BCUT2D eigenvalue weighted by Gasteiger charge is 2.25. The molecule has 1 aliphatic rings. The van der Waals surface area contributed by atoms with E-state index in [9.17, 15) is 8.42 Å². The minimum absolute atomic E-state index is 0.154. The summed E-state index contributed by atoms with van der Waals surface area (Å²) in [6.45, 7) is 0.635. The molecule has 1 saturated heterocycles. The van der Waals surface area contributed by atoms with Crippen molar-refractivity contribution < 1.29 is 8.42 Å². The molecule has 0 aliphatic carbocycles. The molecule has 3 rings (SSSR count). The van der Waals surface area contributed by atoms with Crippen LogP contribution in [0.5, 0.6) is 0 Å². The van der Waals surface area contributed by atoms with Gasteiger partial charge in [0, 0.05) is 10.1 Å². The summed E-state index contributed by atoms with van der Waals surface area (Å²) in [5.41, 5.74) is 1.84. The van der Waals surface area contributed by atoms with Crippen LogP contribution in [0.15, 0.2) is 18.2 Å². The van der Waals surface area contributed by atoms with Crippen LogP contribution in [0.4, 0.5) is 0 Å². The van der Waals surface area contributed by atoms with Crippen LogP contribution >= 0.6 is 22.6 Å². The van der Waals surface area contributed by atoms with Gasteiger partial charge in [-0.15, -0.1) is 5.10 Å². The Labute approximate surface area is 125 Å². The van der Waals surface area contributed by atoms with Crippen molar-refractivity contribution in [1.29, 1.82) is 0 Å². The van der Waals surface area contributed by atoms with Gasteiger partial charge in [-0.25, -0.2) is 13.1 Å². The fourth-order valence-corrected chi connectivity index (χ4v) is 4.82. The lowest BCUT2D eigenvalue weighted by Gasteiger charge is -2.21. The Kier molecular flexibility index (Phi) is 3.50. The van der Waals surface area contributed by atoms with Crippen LogP contribution in [0.2, 0.25) is 0 Å². The predicted molar refractivity (Wildman–Crippen MR) is 81.6 cm³/mol. The average Bonchev–Trinajstić information content (AvgIpc) is 2.71. The molecule has 2 heterocycles. The van der Waals surface area contributed by atoms with Crippen LogP contribution < -0.4 is 0 Å². The number of rotatable bonds is 2. The molecule has 1 fully saturated rings. The highest BCUT2D eigenvalue weighted by molar-refractivity contribution is 14.1. The van der Waals surface area contributed by atoms with Gasteiger partial charge in [0.15, 0.2) is 9.84 Å². The number of nitrogens with zero attached hydrogens (tertiary/aromatic N) is 3. The van der Waals surface area contributed by atoms with E-state index < -0.39 is 9.84 Å². The molecule has 0 spiro atoms. The Balaban J connectivity index is 1.87. The lowest BCUT2D eigenvalue weighted by molar-refractivity contribution is 0.407. The van der Waals surface area contributed by atoms with Gasteiger partial charge in [0.25, 0.3) is 0 Å². The van der Waals surface area contributed by atoms with Gasteiger partial charge >= 0.3 is 0 Å². The fraction of sp³-hybridized carbons (Fsp3) is 0.500. The molecule has 1 aromatic carbocycles. The number of hydrogen-bond acceptors (Lipinski definition) is 4. The predicted octanol–water partition coefficient (Wildman–Crippen LogP) is 1.86. The van der Waals surface area contributed by atoms with Crippen LogP contribution in [0, 0.1) is 9.49 Å². The number of sulfone groups is 1. The summed E-state index contributed by atoms with van der Waals surface area (Å²) in [4.78, 5) is 0. The largest absolute Gasteiger partial charge is 0.244 e. The fourth-order valence-electron chi connectivity index (χ4n) is 2.58. The molecular formula is C12H14IN3O2S. The van der Waals surface area contributed by atoms with E-state index in [1.54, 1.807) is 0 Å². The third kappa shape index (κ3) is 2.91. The average molecular weight is 391 g/mol. The molecule has 1 aromatic heterocycles. The second-order valence-electron chi connectivity index (χ2n) is 5.03. The SMILES string of the molecule is O=S1(=O)CCCC(Cn2nnc3ccc(I)cc32)C1. The quantitative estimate of drug-likeness (QED) is 0.734. The summed E-state index contributed by atoms with van der Waals surface area (Å²) in [5, 5.41) is 8.27. The van der Waals surface area contributed by atoms with E-state index in [1.807, 2.05) is 22.9 Å². The highest BCUT2D eigenvalue weighted by atomic mass is 127. The zero-order valence-corrected chi connectivity index (χ0v) is 13.3. The molecule has 0 saturated carbocycles. The molecule has 0 radical (unpaired) electrons. The lowest BCUT2D eigenvalue weighted by Crippen LogP contribution is -2.28. The van der Waals surface area contributed by atoms with Gasteiger partial charge in [0.05, 0.1) is 17.0 Å². The van der Waals surface area contributed by atoms with Gasteiger partial charge in [0.1, 0.15) is 5.52 Å². The number of halogens is 1. The first kappa shape index (κ1) is 13.3. The Bertz CT molecular complexity index is 711. The summed E-state index contributed by atoms with van der Waals surface area (Å²) in [6.07, 6.45) is 1.71. The Morgan fingerprint density at radius 2 is 2.26 bits per heavy atom. The van der Waals surface area contributed by atoms with E-state index in [0.717, 1.165) is 27.4 Å². The molecule has 2 aromatic rings. The van der Waals surface area contributed by atoms with Gasteiger partial charge in [-0.3, -0.25) is 0 Å². The minimum Gasteiger partial charge on any atom is -0.244 e. The van der Waals surface area contributed by atoms with Crippen LogP contribution in [-0.4, -0.2) is 34.9 Å². The maximum atomic E-state index is 11.7. The van der Waals surface area contributed by atoms with Crippen molar-refractivity contribution in [3.05, 3.63) is 21.8 Å². The maximum absolute atomic E-state index is 11.7. The Morgan fingerprint density at radius 3 is 3.05 bits per heavy atom. The molecule has 5 nitrogen and oxygen atoms in total. The maximum Gasteiger partial charge on any atom is 0.150 e. The third-order valence-electron chi connectivity index (χ3n) is 3.46. The molecule has 7 heteroatoms. The Morgan fingerprint density at radius 1 is 1.42 bits per heavy atom. The number of fused-ring (bicyclic) bond motifs is 1. The third-order valence-corrected chi connectivity index (χ3v) is 6.03. The standard InChI is InChI=1S/C12H14IN3O2S/c13-10-3-4-11-12(6-10)16(15-14-11)7-9-2-1-5-19(17,18)8-9/h3-4,6,9H,1-2,5,7-8H2. The Hall–Kier alpha value is -0.700. The minimum atomic E-state index is -2.86. The van der Waals surface area contributed by atoms with Crippen molar-refractivity contribution >= 4 is 43.5 Å². The number of benzene rings is 1. The van der Waals surface area contributed by atoms with Crippen molar-refractivity contribution in [2.45, 2.75) is 19.4 Å². The topological polar surface area (TPSA) is 64.8 Å². The smallest absolute Gasteiger partial charge is 0.150 e. The van der Waals surface area contributed by atoms with Gasteiger partial charge in [-0.2, -0.15) is 0 Å². The molecule has 1 unspecified atom stereocenters. The van der Waals surface area contributed by atoms with E-state index >= 15 is 0 Å². The van der Waals surface area contributed by atoms with Crippen molar-refractivity contribution in [1.82, 2.24) is 15.0 Å². The van der Waals surface area contributed by atoms with Gasteiger partial charge in [-0.05, 0) is 59.5 Å². The normalized spacial score (nSPS) is 22.7. The monoisotopic (exact) mass is 391 g/mol. The molecule has 1 atom stereocenters. The zero-order valence-electron chi connectivity index (χ0n) is 10.3. The first-order valence-electron chi connectivity index (χ1n) is 6.23. The van der Waals surface area contributed by atoms with E-state index in [4.69, 9.17) is 0 Å². The van der Waals surface area contributed by atoms with Gasteiger partial charge < -0.3 is 0 Å². The summed E-state index contributed by atoms with van der Waals surface area (Å²) in [7, 11) is -2.86. The lowest BCUT2D eigenvalue weighted by atomic mass is 10.1. The van der Waals surface area contributed by atoms with E-state index in [1.165, 1.54) is 0 Å². The molecule has 0 bridgehead atoms. The van der Waals surface area contributed by atoms with Crippen molar-refractivity contribution in [2.75, 3.05) is 11.5 Å². The molecule has 102 valence electrons. The van der Waals surface area contributed by atoms with Crippen LogP contribution in [-0.2, 0) is 16.4 Å². The molecule has 0 N–H and O–H groups in total. The van der Waals surface area contributed by atoms with Crippen molar-refractivity contribution in [3.8, 4) is 0 Å². The van der Waals surface area contributed by atoms with Crippen LogP contribution in [0.25, 0.3) is 11.0 Å². The van der Waals surface area contributed by atoms with Crippen LogP contribution in [0.3, 0.4) is 0 Å². The first-order chi connectivity index (χ1) is 9.03. The van der Waals surface area contributed by atoms with Crippen molar-refractivity contribution in [3.63, 3.8) is 0 Å². The zero-order chi connectivity index (χ0) is 13.5. The van der Waals surface area contributed by atoms with Crippen molar-refractivity contribution in [2.24, 2.45) is 5.92 Å². The second kappa shape index (κ2) is 5.01. The summed E-state index contributed by atoms with van der Waals surface area (Å²) < 4.78 is 26.3. The van der Waals surface area contributed by atoms with E-state index in [0.29, 0.717) is 12.3 Å². The van der Waals surface area contributed by atoms with E-state index in [-0.39, 0.29) is 11.7 Å². The van der Waals surface area contributed by atoms with Gasteiger partial charge in [-0.1, -0.05) is 5.21 Å². The molecule has 0 amide bonds. The van der Waals surface area contributed by atoms with Crippen LogP contribution in [0.1, 0.15) is 12.8 Å². The van der Waals surface area contributed by atoms with E-state index in [2.05, 4.69) is 32.9 Å². The number of aromatic nitrogens is 3. The number of hydrogen-bond donors (Lipinski definition) is 0. The molecular weight excluding hydrogens is 377 g/mol. The molecule has 1 aliphatic heterocycles. The summed E-state index contributed by atoms with van der Waals surface area (Å²) >= 11 is 2.25. The summed E-state index contributed by atoms with van der Waals surface area (Å²) in [6, 6.07) is 5.97. The summed E-state index contributed by atoms with van der Waals surface area (Å²) in [5.74, 6) is 0.763. The highest BCUT2D eigenvalue weighted by Crippen LogP contribution is 2.22. The first-order valence-corrected chi connectivity index (χ1v) is 9.13.